The molecule has 0 saturated carbocycles. The van der Waals surface area contributed by atoms with Crippen molar-refractivity contribution in [3.8, 4) is 5.75 Å². The van der Waals surface area contributed by atoms with Crippen LogP contribution in [-0.4, -0.2) is 31.3 Å². The van der Waals surface area contributed by atoms with E-state index in [0.29, 0.717) is 13.0 Å². The zero-order valence-corrected chi connectivity index (χ0v) is 19.1. The van der Waals surface area contributed by atoms with E-state index < -0.39 is 0 Å². The minimum absolute atomic E-state index is 0.649. The van der Waals surface area contributed by atoms with Gasteiger partial charge in [-0.05, 0) is 49.7 Å². The number of aromatic nitrogens is 5. The van der Waals surface area contributed by atoms with Crippen molar-refractivity contribution in [1.29, 1.82) is 0 Å². The van der Waals surface area contributed by atoms with E-state index in [0.717, 1.165) is 45.5 Å². The fraction of sp³-hybridized carbons (Fsp3) is 0.273. The second kappa shape index (κ2) is 10.4. The molecule has 0 fully saturated rings. The Morgan fingerprint density at radius 1 is 1.13 bits per heavy atom. The van der Waals surface area contributed by atoms with Gasteiger partial charge in [-0.2, -0.15) is 0 Å². The molecule has 0 bridgehead atoms. The van der Waals surface area contributed by atoms with E-state index in [1.54, 1.807) is 29.3 Å². The van der Waals surface area contributed by atoms with Gasteiger partial charge in [0.25, 0.3) is 0 Å². The van der Waals surface area contributed by atoms with Crippen LogP contribution >= 0.6 is 23.1 Å². The standard InChI is InChI=1S/C22H24N6OS2/c1-3-28-20(26-27-22(28)31-14-16-6-5-11-23-13-16)12-18-15-30-21(25-18)24-17-7-9-19(10-8-17)29-4-2/h5-11,13,15H,3-4,12,14H2,1-2H3,(H,24,25). The molecule has 0 saturated heterocycles. The lowest BCUT2D eigenvalue weighted by Crippen LogP contribution is -2.04. The van der Waals surface area contributed by atoms with Crippen LogP contribution in [0.4, 0.5) is 10.8 Å². The largest absolute Gasteiger partial charge is 0.494 e. The minimum atomic E-state index is 0.649. The maximum absolute atomic E-state index is 5.49. The van der Waals surface area contributed by atoms with Crippen molar-refractivity contribution in [3.63, 3.8) is 0 Å². The molecular weight excluding hydrogens is 428 g/mol. The monoisotopic (exact) mass is 452 g/mol. The summed E-state index contributed by atoms with van der Waals surface area (Å²) in [6.45, 7) is 5.57. The maximum atomic E-state index is 5.49. The highest BCUT2D eigenvalue weighted by atomic mass is 32.2. The molecule has 3 aromatic heterocycles. The molecular formula is C22H24N6OS2. The van der Waals surface area contributed by atoms with Gasteiger partial charge in [-0.3, -0.25) is 4.98 Å². The molecule has 0 aliphatic rings. The number of thiazole rings is 1. The summed E-state index contributed by atoms with van der Waals surface area (Å²) in [5.74, 6) is 2.61. The second-order valence-corrected chi connectivity index (χ2v) is 8.50. The van der Waals surface area contributed by atoms with Crippen LogP contribution in [0.1, 0.15) is 30.9 Å². The van der Waals surface area contributed by atoms with Gasteiger partial charge in [0, 0.05) is 35.8 Å². The van der Waals surface area contributed by atoms with Crippen molar-refractivity contribution in [2.75, 3.05) is 11.9 Å². The molecule has 4 rings (SSSR count). The van der Waals surface area contributed by atoms with Crippen LogP contribution in [0.3, 0.4) is 0 Å². The van der Waals surface area contributed by atoms with Crippen molar-refractivity contribution in [1.82, 2.24) is 24.7 Å². The molecule has 160 valence electrons. The Hall–Kier alpha value is -2.91. The predicted molar refractivity (Wildman–Crippen MR) is 125 cm³/mol. The molecule has 4 aromatic rings. The van der Waals surface area contributed by atoms with Gasteiger partial charge >= 0.3 is 0 Å². The average molecular weight is 453 g/mol. The number of nitrogens with zero attached hydrogens (tertiary/aromatic N) is 5. The first kappa shape index (κ1) is 21.3. The smallest absolute Gasteiger partial charge is 0.191 e. The van der Waals surface area contributed by atoms with E-state index in [4.69, 9.17) is 9.72 Å². The Bertz CT molecular complexity index is 1090. The zero-order chi connectivity index (χ0) is 21.5. The molecule has 0 spiro atoms. The van der Waals surface area contributed by atoms with E-state index in [1.165, 1.54) is 5.56 Å². The number of hydrogen-bond donors (Lipinski definition) is 1. The lowest BCUT2D eigenvalue weighted by atomic mass is 10.3. The zero-order valence-electron chi connectivity index (χ0n) is 17.5. The van der Waals surface area contributed by atoms with Gasteiger partial charge in [0.15, 0.2) is 10.3 Å². The lowest BCUT2D eigenvalue weighted by Gasteiger charge is -2.06. The van der Waals surface area contributed by atoms with Crippen molar-refractivity contribution in [2.24, 2.45) is 0 Å². The molecule has 0 aliphatic heterocycles. The summed E-state index contributed by atoms with van der Waals surface area (Å²) in [6, 6.07) is 11.9. The van der Waals surface area contributed by atoms with Crippen molar-refractivity contribution >= 4 is 33.9 Å². The summed E-state index contributed by atoms with van der Waals surface area (Å²) < 4.78 is 7.64. The van der Waals surface area contributed by atoms with Crippen LogP contribution in [0.5, 0.6) is 5.75 Å². The van der Waals surface area contributed by atoms with Crippen molar-refractivity contribution in [3.05, 3.63) is 71.3 Å². The second-order valence-electron chi connectivity index (χ2n) is 6.70. The molecule has 1 N–H and O–H groups in total. The van der Waals surface area contributed by atoms with Gasteiger partial charge in [-0.1, -0.05) is 17.8 Å². The third kappa shape index (κ3) is 5.62. The molecule has 0 radical (unpaired) electrons. The number of thioether (sulfide) groups is 1. The van der Waals surface area contributed by atoms with Gasteiger partial charge in [0.05, 0.1) is 18.7 Å². The van der Waals surface area contributed by atoms with Gasteiger partial charge in [0.1, 0.15) is 11.6 Å². The lowest BCUT2D eigenvalue weighted by molar-refractivity contribution is 0.340. The molecule has 0 unspecified atom stereocenters. The van der Waals surface area contributed by atoms with Gasteiger partial charge < -0.3 is 14.6 Å². The maximum Gasteiger partial charge on any atom is 0.191 e. The van der Waals surface area contributed by atoms with Crippen molar-refractivity contribution in [2.45, 2.75) is 37.7 Å². The van der Waals surface area contributed by atoms with Crippen molar-refractivity contribution < 1.29 is 4.74 Å². The number of hydrogen-bond acceptors (Lipinski definition) is 8. The first-order valence-corrected chi connectivity index (χ1v) is 12.0. The summed E-state index contributed by atoms with van der Waals surface area (Å²) in [7, 11) is 0. The normalized spacial score (nSPS) is 10.9. The topological polar surface area (TPSA) is 77.8 Å². The Morgan fingerprint density at radius 3 is 2.74 bits per heavy atom. The summed E-state index contributed by atoms with van der Waals surface area (Å²) in [5.41, 5.74) is 3.13. The number of rotatable bonds is 10. The number of anilines is 2. The van der Waals surface area contributed by atoms with Gasteiger partial charge in [0.2, 0.25) is 0 Å². The first-order chi connectivity index (χ1) is 15.2. The summed E-state index contributed by atoms with van der Waals surface area (Å²) in [5, 5.41) is 16.0. The highest BCUT2D eigenvalue weighted by Gasteiger charge is 2.14. The van der Waals surface area contributed by atoms with Crippen LogP contribution in [0.25, 0.3) is 0 Å². The average Bonchev–Trinajstić information content (AvgIpc) is 3.41. The van der Waals surface area contributed by atoms with Crippen LogP contribution in [0.2, 0.25) is 0 Å². The molecule has 0 amide bonds. The summed E-state index contributed by atoms with van der Waals surface area (Å²) in [6.07, 6.45) is 4.32. The van der Waals surface area contributed by atoms with E-state index >= 15 is 0 Å². The highest BCUT2D eigenvalue weighted by Crippen LogP contribution is 2.26. The Kier molecular flexibility index (Phi) is 7.16. The molecule has 0 aliphatic carbocycles. The highest BCUT2D eigenvalue weighted by molar-refractivity contribution is 7.98. The number of pyridine rings is 1. The molecule has 1 aromatic carbocycles. The SMILES string of the molecule is CCOc1ccc(Nc2nc(Cc3nnc(SCc4cccnc4)n3CC)cs2)cc1. The Labute approximate surface area is 189 Å². The summed E-state index contributed by atoms with van der Waals surface area (Å²) in [4.78, 5) is 8.89. The molecule has 0 atom stereocenters. The Balaban J connectivity index is 1.39. The molecule has 31 heavy (non-hydrogen) atoms. The minimum Gasteiger partial charge on any atom is -0.494 e. The third-order valence-electron chi connectivity index (χ3n) is 4.51. The molecule has 9 heteroatoms. The predicted octanol–water partition coefficient (Wildman–Crippen LogP) is 5.17. The number of benzene rings is 1. The quantitative estimate of drug-likeness (QED) is 0.332. The summed E-state index contributed by atoms with van der Waals surface area (Å²) >= 11 is 3.26. The fourth-order valence-corrected chi connectivity index (χ4v) is 4.72. The fourth-order valence-electron chi connectivity index (χ4n) is 3.04. The van der Waals surface area contributed by atoms with E-state index in [9.17, 15) is 0 Å². The van der Waals surface area contributed by atoms with Crippen LogP contribution in [-0.2, 0) is 18.7 Å². The van der Waals surface area contributed by atoms with E-state index in [1.807, 2.05) is 43.5 Å². The van der Waals surface area contributed by atoms with E-state index in [2.05, 4.69) is 43.4 Å². The third-order valence-corrected chi connectivity index (χ3v) is 6.35. The first-order valence-electron chi connectivity index (χ1n) is 10.1. The van der Waals surface area contributed by atoms with Gasteiger partial charge in [-0.25, -0.2) is 4.98 Å². The molecule has 7 nitrogen and oxygen atoms in total. The van der Waals surface area contributed by atoms with Gasteiger partial charge in [-0.15, -0.1) is 21.5 Å². The number of ether oxygens (including phenoxy) is 1. The Morgan fingerprint density at radius 2 is 2.00 bits per heavy atom. The number of nitrogens with one attached hydrogen (secondary N) is 1. The van der Waals surface area contributed by atoms with E-state index in [-0.39, 0.29) is 0 Å². The molecule has 3 heterocycles. The van der Waals surface area contributed by atoms with Crippen LogP contribution < -0.4 is 10.1 Å². The van der Waals surface area contributed by atoms with Crippen LogP contribution in [0.15, 0.2) is 59.3 Å². The van der Waals surface area contributed by atoms with Crippen LogP contribution in [0, 0.1) is 0 Å².